The van der Waals surface area contributed by atoms with E-state index in [-0.39, 0.29) is 23.7 Å². The predicted molar refractivity (Wildman–Crippen MR) is 103 cm³/mol. The number of amides is 2. The fourth-order valence-corrected chi connectivity index (χ4v) is 2.88. The van der Waals surface area contributed by atoms with Gasteiger partial charge >= 0.3 is 5.97 Å². The molecule has 1 aliphatic carbocycles. The van der Waals surface area contributed by atoms with Gasteiger partial charge in [-0.3, -0.25) is 9.59 Å². The van der Waals surface area contributed by atoms with Crippen LogP contribution in [0.25, 0.3) is 0 Å². The van der Waals surface area contributed by atoms with Gasteiger partial charge in [-0.2, -0.15) is 0 Å². The Balaban J connectivity index is 1.46. The van der Waals surface area contributed by atoms with Gasteiger partial charge in [-0.25, -0.2) is 4.79 Å². The SMILES string of the molecule is COC(=O)c1ccc(NC(=O)C2CC2C(=O)NCc2ccc(OC)cc2)cc1. The summed E-state index contributed by atoms with van der Waals surface area (Å²) in [5.74, 6) is -0.654. The van der Waals surface area contributed by atoms with Crippen LogP contribution in [0.5, 0.6) is 5.75 Å². The van der Waals surface area contributed by atoms with Crippen molar-refractivity contribution in [3.63, 3.8) is 0 Å². The third kappa shape index (κ3) is 4.68. The lowest BCUT2D eigenvalue weighted by atomic mass is 10.2. The Hall–Kier alpha value is -3.35. The second-order valence-electron chi connectivity index (χ2n) is 6.57. The van der Waals surface area contributed by atoms with Crippen molar-refractivity contribution in [2.24, 2.45) is 11.8 Å². The van der Waals surface area contributed by atoms with Gasteiger partial charge < -0.3 is 20.1 Å². The molecule has 0 heterocycles. The summed E-state index contributed by atoms with van der Waals surface area (Å²) in [6.07, 6.45) is 0.528. The topological polar surface area (TPSA) is 93.7 Å². The zero-order chi connectivity index (χ0) is 20.1. The van der Waals surface area contributed by atoms with E-state index in [1.54, 1.807) is 31.4 Å². The molecule has 2 atom stereocenters. The first-order chi connectivity index (χ1) is 13.5. The molecule has 28 heavy (non-hydrogen) atoms. The van der Waals surface area contributed by atoms with Crippen molar-refractivity contribution < 1.29 is 23.9 Å². The van der Waals surface area contributed by atoms with E-state index in [1.165, 1.54) is 7.11 Å². The van der Waals surface area contributed by atoms with Crippen LogP contribution in [0, 0.1) is 11.8 Å². The fraction of sp³-hybridized carbons (Fsp3) is 0.286. The van der Waals surface area contributed by atoms with Crippen LogP contribution in [-0.2, 0) is 20.9 Å². The summed E-state index contributed by atoms with van der Waals surface area (Å²) in [7, 11) is 2.91. The molecule has 2 aromatic rings. The molecule has 7 nitrogen and oxygen atoms in total. The van der Waals surface area contributed by atoms with Crippen molar-refractivity contribution >= 4 is 23.5 Å². The van der Waals surface area contributed by atoms with Crippen molar-refractivity contribution in [3.05, 3.63) is 59.7 Å². The molecule has 2 aromatic carbocycles. The van der Waals surface area contributed by atoms with Gasteiger partial charge in [0, 0.05) is 12.2 Å². The zero-order valence-corrected chi connectivity index (χ0v) is 15.7. The summed E-state index contributed by atoms with van der Waals surface area (Å²) in [5, 5.41) is 5.64. The largest absolute Gasteiger partial charge is 0.497 e. The molecule has 0 spiro atoms. The summed E-state index contributed by atoms with van der Waals surface area (Å²) in [4.78, 5) is 36.0. The minimum Gasteiger partial charge on any atom is -0.497 e. The number of hydrogen-bond donors (Lipinski definition) is 2. The van der Waals surface area contributed by atoms with Crippen molar-refractivity contribution in [1.82, 2.24) is 5.32 Å². The molecule has 3 rings (SSSR count). The zero-order valence-electron chi connectivity index (χ0n) is 15.7. The summed E-state index contributed by atoms with van der Waals surface area (Å²) in [6.45, 7) is 0.405. The second kappa shape index (κ2) is 8.56. The number of esters is 1. The number of methoxy groups -OCH3 is 2. The number of benzene rings is 2. The lowest BCUT2D eigenvalue weighted by molar-refractivity contribution is -0.125. The van der Waals surface area contributed by atoms with E-state index >= 15 is 0 Å². The number of hydrogen-bond acceptors (Lipinski definition) is 5. The Bertz CT molecular complexity index is 861. The molecular formula is C21H22N2O5. The van der Waals surface area contributed by atoms with Gasteiger partial charge in [0.2, 0.25) is 11.8 Å². The first-order valence-corrected chi connectivity index (χ1v) is 8.91. The average molecular weight is 382 g/mol. The smallest absolute Gasteiger partial charge is 0.337 e. The Morgan fingerprint density at radius 1 is 0.929 bits per heavy atom. The number of anilines is 1. The summed E-state index contributed by atoms with van der Waals surface area (Å²) < 4.78 is 9.74. The molecule has 1 saturated carbocycles. The highest BCUT2D eigenvalue weighted by atomic mass is 16.5. The monoisotopic (exact) mass is 382 g/mol. The molecule has 0 saturated heterocycles. The molecule has 0 bridgehead atoms. The van der Waals surface area contributed by atoms with E-state index in [0.717, 1.165) is 11.3 Å². The van der Waals surface area contributed by atoms with Crippen LogP contribution in [0.1, 0.15) is 22.3 Å². The van der Waals surface area contributed by atoms with Gasteiger partial charge in [0.15, 0.2) is 0 Å². The Labute approximate surface area is 163 Å². The van der Waals surface area contributed by atoms with Crippen LogP contribution in [0.3, 0.4) is 0 Å². The Kier molecular flexibility index (Phi) is 5.93. The van der Waals surface area contributed by atoms with Crippen LogP contribution in [0.2, 0.25) is 0 Å². The molecule has 2 amide bonds. The van der Waals surface area contributed by atoms with E-state index in [4.69, 9.17) is 4.74 Å². The highest BCUT2D eigenvalue weighted by Crippen LogP contribution is 2.39. The molecule has 7 heteroatoms. The minimum atomic E-state index is -0.436. The van der Waals surface area contributed by atoms with E-state index < -0.39 is 5.97 Å². The normalized spacial score (nSPS) is 17.4. The standard InChI is InChI=1S/C21H22N2O5/c1-27-16-9-3-13(4-10-16)12-22-19(24)17-11-18(17)20(25)23-15-7-5-14(6-8-15)21(26)28-2/h3-10,17-18H,11-12H2,1-2H3,(H,22,24)(H,23,25). The van der Waals surface area contributed by atoms with Gasteiger partial charge in [0.05, 0.1) is 31.6 Å². The van der Waals surface area contributed by atoms with Crippen LogP contribution < -0.4 is 15.4 Å². The van der Waals surface area contributed by atoms with E-state index in [9.17, 15) is 14.4 Å². The lowest BCUT2D eigenvalue weighted by Gasteiger charge is -2.07. The Morgan fingerprint density at radius 3 is 2.18 bits per heavy atom. The van der Waals surface area contributed by atoms with Crippen LogP contribution in [0.4, 0.5) is 5.69 Å². The fourth-order valence-electron chi connectivity index (χ4n) is 2.88. The predicted octanol–water partition coefficient (Wildman–Crippen LogP) is 2.37. The summed E-state index contributed by atoms with van der Waals surface area (Å²) in [6, 6.07) is 13.8. The molecule has 0 aromatic heterocycles. The van der Waals surface area contributed by atoms with Gasteiger partial charge in [-0.05, 0) is 48.4 Å². The molecule has 2 unspecified atom stereocenters. The maximum atomic E-state index is 12.3. The van der Waals surface area contributed by atoms with Crippen LogP contribution in [-0.4, -0.2) is 32.0 Å². The van der Waals surface area contributed by atoms with Crippen LogP contribution in [0.15, 0.2) is 48.5 Å². The summed E-state index contributed by atoms with van der Waals surface area (Å²) >= 11 is 0. The average Bonchev–Trinajstić information content (AvgIpc) is 3.53. The lowest BCUT2D eigenvalue weighted by Crippen LogP contribution is -2.27. The Morgan fingerprint density at radius 2 is 1.57 bits per heavy atom. The van der Waals surface area contributed by atoms with Gasteiger partial charge in [-0.15, -0.1) is 0 Å². The van der Waals surface area contributed by atoms with Crippen molar-refractivity contribution in [1.29, 1.82) is 0 Å². The van der Waals surface area contributed by atoms with Crippen molar-refractivity contribution in [2.75, 3.05) is 19.5 Å². The number of carbonyl (C=O) groups is 3. The first kappa shape index (κ1) is 19.4. The number of ether oxygens (including phenoxy) is 2. The van der Waals surface area contributed by atoms with Gasteiger partial charge in [-0.1, -0.05) is 12.1 Å². The van der Waals surface area contributed by atoms with Gasteiger partial charge in [0.1, 0.15) is 5.75 Å². The molecule has 0 aliphatic heterocycles. The van der Waals surface area contributed by atoms with Crippen molar-refractivity contribution in [3.8, 4) is 5.75 Å². The summed E-state index contributed by atoms with van der Waals surface area (Å²) in [5.41, 5.74) is 1.94. The molecule has 0 radical (unpaired) electrons. The number of carbonyl (C=O) groups excluding carboxylic acids is 3. The number of nitrogens with one attached hydrogen (secondary N) is 2. The second-order valence-corrected chi connectivity index (χ2v) is 6.57. The first-order valence-electron chi connectivity index (χ1n) is 8.91. The van der Waals surface area contributed by atoms with E-state index in [1.807, 2.05) is 24.3 Å². The molecule has 1 fully saturated rings. The maximum Gasteiger partial charge on any atom is 0.337 e. The molecule has 146 valence electrons. The number of rotatable bonds is 7. The van der Waals surface area contributed by atoms with E-state index in [2.05, 4.69) is 15.4 Å². The highest BCUT2D eigenvalue weighted by molar-refractivity contribution is 5.99. The maximum absolute atomic E-state index is 12.3. The van der Waals surface area contributed by atoms with E-state index in [0.29, 0.717) is 24.2 Å². The third-order valence-electron chi connectivity index (χ3n) is 4.66. The van der Waals surface area contributed by atoms with Crippen LogP contribution >= 0.6 is 0 Å². The molecular weight excluding hydrogens is 360 g/mol. The highest BCUT2D eigenvalue weighted by Gasteiger charge is 2.47. The third-order valence-corrected chi connectivity index (χ3v) is 4.66. The minimum absolute atomic E-state index is 0.128. The van der Waals surface area contributed by atoms with Gasteiger partial charge in [0.25, 0.3) is 0 Å². The quantitative estimate of drug-likeness (QED) is 0.717. The van der Waals surface area contributed by atoms with Crippen molar-refractivity contribution in [2.45, 2.75) is 13.0 Å². The molecule has 1 aliphatic rings. The molecule has 2 N–H and O–H groups in total.